The van der Waals surface area contributed by atoms with Crippen LogP contribution in [0.4, 0.5) is 9.93 Å². The molecule has 0 aliphatic carbocycles. The molecular weight excluding hydrogens is 442 g/mol. The SMILES string of the molecule is Cc1nc(NC(=O)CN2CCCC(C(=O)N3CCCN(C(=O)OC(C)(C)C)CC3)C2)sc1C. The first-order chi connectivity index (χ1) is 15.5. The molecule has 0 radical (unpaired) electrons. The Morgan fingerprint density at radius 1 is 1.06 bits per heavy atom. The van der Waals surface area contributed by atoms with E-state index in [0.717, 1.165) is 36.4 Å². The highest BCUT2D eigenvalue weighted by atomic mass is 32.1. The topological polar surface area (TPSA) is 95.1 Å². The van der Waals surface area contributed by atoms with Gasteiger partial charge in [-0.1, -0.05) is 0 Å². The van der Waals surface area contributed by atoms with Gasteiger partial charge in [-0.05, 0) is 60.4 Å². The smallest absolute Gasteiger partial charge is 0.410 e. The van der Waals surface area contributed by atoms with Crippen LogP contribution in [0.15, 0.2) is 0 Å². The Kier molecular flexibility index (Phi) is 8.33. The van der Waals surface area contributed by atoms with Gasteiger partial charge in [-0.3, -0.25) is 14.5 Å². The van der Waals surface area contributed by atoms with Crippen molar-refractivity contribution in [3.8, 4) is 0 Å². The number of aryl methyl sites for hydroxylation is 2. The van der Waals surface area contributed by atoms with Gasteiger partial charge in [0.2, 0.25) is 11.8 Å². The third-order valence-electron chi connectivity index (χ3n) is 5.96. The van der Waals surface area contributed by atoms with E-state index in [9.17, 15) is 14.4 Å². The van der Waals surface area contributed by atoms with E-state index in [-0.39, 0.29) is 30.4 Å². The van der Waals surface area contributed by atoms with E-state index in [0.29, 0.717) is 37.9 Å². The number of nitrogens with zero attached hydrogens (tertiary/aromatic N) is 4. The van der Waals surface area contributed by atoms with Crippen molar-refractivity contribution in [3.05, 3.63) is 10.6 Å². The van der Waals surface area contributed by atoms with Crippen LogP contribution in [0.1, 0.15) is 50.6 Å². The number of ether oxygens (including phenoxy) is 1. The number of hydrogen-bond acceptors (Lipinski definition) is 7. The Morgan fingerprint density at radius 3 is 2.42 bits per heavy atom. The number of likely N-dealkylation sites (tertiary alicyclic amines) is 1. The summed E-state index contributed by atoms with van der Waals surface area (Å²) in [6.07, 6.45) is 2.12. The minimum atomic E-state index is -0.534. The Balaban J connectivity index is 1.49. The number of amides is 3. The highest BCUT2D eigenvalue weighted by molar-refractivity contribution is 7.15. The molecule has 33 heavy (non-hydrogen) atoms. The largest absolute Gasteiger partial charge is 0.444 e. The maximum atomic E-state index is 13.2. The van der Waals surface area contributed by atoms with Crippen LogP contribution in [-0.4, -0.2) is 89.0 Å². The molecule has 9 nitrogen and oxygen atoms in total. The van der Waals surface area contributed by atoms with Crippen molar-refractivity contribution in [2.45, 2.75) is 59.5 Å². The number of carbonyl (C=O) groups excluding carboxylic acids is 3. The van der Waals surface area contributed by atoms with E-state index in [1.165, 1.54) is 11.3 Å². The van der Waals surface area contributed by atoms with Crippen molar-refractivity contribution < 1.29 is 19.1 Å². The highest BCUT2D eigenvalue weighted by Gasteiger charge is 2.32. The van der Waals surface area contributed by atoms with Gasteiger partial charge in [0, 0.05) is 37.6 Å². The number of piperidine rings is 1. The van der Waals surface area contributed by atoms with Gasteiger partial charge in [0.05, 0.1) is 18.2 Å². The van der Waals surface area contributed by atoms with Gasteiger partial charge in [-0.2, -0.15) is 0 Å². The maximum absolute atomic E-state index is 13.2. The third kappa shape index (κ3) is 7.40. The van der Waals surface area contributed by atoms with Gasteiger partial charge in [0.1, 0.15) is 5.60 Å². The fourth-order valence-electron chi connectivity index (χ4n) is 4.19. The lowest BCUT2D eigenvalue weighted by atomic mass is 9.96. The minimum Gasteiger partial charge on any atom is -0.444 e. The molecular formula is C23H37N5O4S. The first kappa shape index (κ1) is 25.4. The zero-order valence-electron chi connectivity index (χ0n) is 20.5. The fraction of sp³-hybridized carbons (Fsp3) is 0.739. The maximum Gasteiger partial charge on any atom is 0.410 e. The zero-order valence-corrected chi connectivity index (χ0v) is 21.3. The number of anilines is 1. The molecule has 1 unspecified atom stereocenters. The quantitative estimate of drug-likeness (QED) is 0.714. The van der Waals surface area contributed by atoms with Gasteiger partial charge >= 0.3 is 6.09 Å². The first-order valence-electron chi connectivity index (χ1n) is 11.7. The van der Waals surface area contributed by atoms with Crippen LogP contribution in [0, 0.1) is 19.8 Å². The monoisotopic (exact) mass is 479 g/mol. The van der Waals surface area contributed by atoms with Gasteiger partial charge < -0.3 is 19.9 Å². The molecule has 3 heterocycles. The Hall–Kier alpha value is -2.20. The summed E-state index contributed by atoms with van der Waals surface area (Å²) in [6.45, 7) is 13.3. The standard InChI is InChI=1S/C23H37N5O4S/c1-16-17(2)33-21(24-16)25-19(29)15-26-9-6-8-18(14-26)20(30)27-10-7-11-28(13-12-27)22(31)32-23(3,4)5/h18H,6-15H2,1-5H3,(H,24,25,29). The van der Waals surface area contributed by atoms with E-state index < -0.39 is 5.60 Å². The predicted molar refractivity (Wildman–Crippen MR) is 128 cm³/mol. The van der Waals surface area contributed by atoms with Crippen LogP contribution in [0.2, 0.25) is 0 Å². The van der Waals surface area contributed by atoms with E-state index in [1.54, 1.807) is 4.90 Å². The minimum absolute atomic E-state index is 0.0976. The molecule has 0 bridgehead atoms. The molecule has 3 rings (SSSR count). The number of rotatable bonds is 4. The summed E-state index contributed by atoms with van der Waals surface area (Å²) in [7, 11) is 0. The molecule has 2 aliphatic heterocycles. The van der Waals surface area contributed by atoms with Crippen LogP contribution in [0.25, 0.3) is 0 Å². The van der Waals surface area contributed by atoms with Crippen molar-refractivity contribution in [1.82, 2.24) is 19.7 Å². The van der Waals surface area contributed by atoms with Crippen molar-refractivity contribution in [2.24, 2.45) is 5.92 Å². The molecule has 3 amide bonds. The average Bonchev–Trinajstić information content (AvgIpc) is 2.92. The first-order valence-corrected chi connectivity index (χ1v) is 12.6. The van der Waals surface area contributed by atoms with Crippen LogP contribution in [0.3, 0.4) is 0 Å². The number of nitrogens with one attached hydrogen (secondary N) is 1. The number of aromatic nitrogens is 1. The Labute approximate surface area is 200 Å². The summed E-state index contributed by atoms with van der Waals surface area (Å²) in [6, 6.07) is 0. The zero-order chi connectivity index (χ0) is 24.2. The highest BCUT2D eigenvalue weighted by Crippen LogP contribution is 2.23. The van der Waals surface area contributed by atoms with Crippen LogP contribution < -0.4 is 5.32 Å². The summed E-state index contributed by atoms with van der Waals surface area (Å²) in [5.41, 5.74) is 0.398. The Bertz CT molecular complexity index is 846. The molecule has 2 fully saturated rings. The fourth-order valence-corrected chi connectivity index (χ4v) is 5.02. The van der Waals surface area contributed by atoms with Crippen molar-refractivity contribution in [1.29, 1.82) is 0 Å². The summed E-state index contributed by atoms with van der Waals surface area (Å²) in [5, 5.41) is 3.50. The van der Waals surface area contributed by atoms with E-state index >= 15 is 0 Å². The summed E-state index contributed by atoms with van der Waals surface area (Å²) >= 11 is 1.48. The molecule has 1 aromatic rings. The Morgan fingerprint density at radius 2 is 1.76 bits per heavy atom. The molecule has 1 atom stereocenters. The van der Waals surface area contributed by atoms with Gasteiger partial charge in [-0.25, -0.2) is 9.78 Å². The molecule has 10 heteroatoms. The number of carbonyl (C=O) groups is 3. The van der Waals surface area contributed by atoms with Gasteiger partial charge in [-0.15, -0.1) is 11.3 Å². The lowest BCUT2D eigenvalue weighted by Gasteiger charge is -2.34. The average molecular weight is 480 g/mol. The second-order valence-corrected chi connectivity index (χ2v) is 11.1. The van der Waals surface area contributed by atoms with E-state index in [2.05, 4.69) is 15.2 Å². The van der Waals surface area contributed by atoms with Crippen LogP contribution in [-0.2, 0) is 14.3 Å². The molecule has 2 aliphatic rings. The van der Waals surface area contributed by atoms with Gasteiger partial charge in [0.15, 0.2) is 5.13 Å². The summed E-state index contributed by atoms with van der Waals surface area (Å²) < 4.78 is 5.48. The molecule has 184 valence electrons. The van der Waals surface area contributed by atoms with Gasteiger partial charge in [0.25, 0.3) is 0 Å². The van der Waals surface area contributed by atoms with E-state index in [4.69, 9.17) is 4.74 Å². The summed E-state index contributed by atoms with van der Waals surface area (Å²) in [4.78, 5) is 49.2. The molecule has 1 aromatic heterocycles. The van der Waals surface area contributed by atoms with Crippen LogP contribution >= 0.6 is 11.3 Å². The lowest BCUT2D eigenvalue weighted by Crippen LogP contribution is -2.47. The molecule has 0 aromatic carbocycles. The summed E-state index contributed by atoms with van der Waals surface area (Å²) in [5.74, 6) is -0.0964. The number of hydrogen-bond donors (Lipinski definition) is 1. The molecule has 0 saturated carbocycles. The number of thiazole rings is 1. The van der Waals surface area contributed by atoms with Crippen LogP contribution in [0.5, 0.6) is 0 Å². The molecule has 2 saturated heterocycles. The predicted octanol–water partition coefficient (Wildman–Crippen LogP) is 2.88. The van der Waals surface area contributed by atoms with Crippen molar-refractivity contribution in [3.63, 3.8) is 0 Å². The normalized spacial score (nSPS) is 20.3. The molecule has 0 spiro atoms. The molecule has 1 N–H and O–H groups in total. The second kappa shape index (κ2) is 10.8. The van der Waals surface area contributed by atoms with E-state index in [1.807, 2.05) is 39.5 Å². The second-order valence-electron chi connectivity index (χ2n) is 9.93. The third-order valence-corrected chi connectivity index (χ3v) is 6.94. The van der Waals surface area contributed by atoms with Crippen molar-refractivity contribution in [2.75, 3.05) is 51.1 Å². The van der Waals surface area contributed by atoms with Crippen molar-refractivity contribution >= 4 is 34.4 Å². The lowest BCUT2D eigenvalue weighted by molar-refractivity contribution is -0.137.